The molecular weight excluding hydrogens is 384 g/mol. The first-order valence-corrected chi connectivity index (χ1v) is 9.68. The lowest BCUT2D eigenvalue weighted by Crippen LogP contribution is -2.34. The highest BCUT2D eigenvalue weighted by atomic mass is 16.5. The molecule has 0 aliphatic heterocycles. The molecule has 2 aromatic rings. The summed E-state index contributed by atoms with van der Waals surface area (Å²) in [6.07, 6.45) is 1.55. The van der Waals surface area contributed by atoms with Crippen molar-refractivity contribution >= 4 is 23.7 Å². The lowest BCUT2D eigenvalue weighted by Gasteiger charge is -2.20. The van der Waals surface area contributed by atoms with E-state index in [2.05, 4.69) is 34.6 Å². The van der Waals surface area contributed by atoms with Gasteiger partial charge in [-0.2, -0.15) is 5.10 Å². The number of nitrogens with one attached hydrogen (secondary N) is 2. The monoisotopic (exact) mass is 412 g/mol. The van der Waals surface area contributed by atoms with Crippen LogP contribution < -0.4 is 25.1 Å². The fourth-order valence-electron chi connectivity index (χ4n) is 2.78. The van der Waals surface area contributed by atoms with Gasteiger partial charge in [-0.25, -0.2) is 5.43 Å². The van der Waals surface area contributed by atoms with Crippen LogP contribution in [0.15, 0.2) is 47.6 Å². The Morgan fingerprint density at radius 2 is 1.60 bits per heavy atom. The van der Waals surface area contributed by atoms with Crippen LogP contribution in [-0.4, -0.2) is 51.9 Å². The van der Waals surface area contributed by atoms with Crippen molar-refractivity contribution in [3.8, 4) is 11.5 Å². The normalized spacial score (nSPS) is 10.5. The van der Waals surface area contributed by atoms with Crippen LogP contribution in [0.5, 0.6) is 11.5 Å². The number of hydrazone groups is 1. The van der Waals surface area contributed by atoms with Crippen LogP contribution in [0.25, 0.3) is 0 Å². The first-order chi connectivity index (χ1) is 14.5. The van der Waals surface area contributed by atoms with Crippen molar-refractivity contribution < 1.29 is 19.1 Å². The van der Waals surface area contributed by atoms with Crippen LogP contribution in [-0.2, 0) is 4.79 Å². The highest BCUT2D eigenvalue weighted by Gasteiger charge is 2.11. The largest absolute Gasteiger partial charge is 0.497 e. The number of anilines is 1. The molecule has 160 valence electrons. The summed E-state index contributed by atoms with van der Waals surface area (Å²) in [5.74, 6) is 0.119. The smallest absolute Gasteiger partial charge is 0.259 e. The number of amides is 2. The zero-order valence-electron chi connectivity index (χ0n) is 17.8. The van der Waals surface area contributed by atoms with E-state index in [0.29, 0.717) is 17.1 Å². The van der Waals surface area contributed by atoms with Gasteiger partial charge in [-0.3, -0.25) is 9.59 Å². The van der Waals surface area contributed by atoms with Gasteiger partial charge in [-0.1, -0.05) is 12.1 Å². The van der Waals surface area contributed by atoms with Crippen LogP contribution in [0, 0.1) is 0 Å². The Labute approximate surface area is 176 Å². The molecule has 8 heteroatoms. The number of ether oxygens (including phenoxy) is 2. The molecule has 2 amide bonds. The van der Waals surface area contributed by atoms with Gasteiger partial charge in [0.25, 0.3) is 11.8 Å². The first kappa shape index (κ1) is 22.7. The molecule has 0 radical (unpaired) electrons. The van der Waals surface area contributed by atoms with Gasteiger partial charge >= 0.3 is 0 Å². The van der Waals surface area contributed by atoms with E-state index >= 15 is 0 Å². The van der Waals surface area contributed by atoms with E-state index in [9.17, 15) is 9.59 Å². The fraction of sp³-hybridized carbons (Fsp3) is 0.318. The molecule has 0 aromatic heterocycles. The minimum absolute atomic E-state index is 0.212. The van der Waals surface area contributed by atoms with Crippen molar-refractivity contribution in [2.45, 2.75) is 13.8 Å². The number of hydrogen-bond acceptors (Lipinski definition) is 6. The second-order valence-corrected chi connectivity index (χ2v) is 6.34. The molecular formula is C22H28N4O4. The molecule has 0 saturated carbocycles. The van der Waals surface area contributed by atoms with Crippen LogP contribution >= 0.6 is 0 Å². The van der Waals surface area contributed by atoms with Crippen molar-refractivity contribution in [1.29, 1.82) is 0 Å². The summed E-state index contributed by atoms with van der Waals surface area (Å²) in [4.78, 5) is 26.5. The standard InChI is InChI=1S/C22H28N4O4/c1-5-26(6-2)18-9-7-16(8-10-18)14-24-25-21(27)15-23-22(28)17-11-19(29-3)13-20(12-17)30-4/h7-14H,5-6,15H2,1-4H3,(H,23,28)(H,25,27)/b24-14+. The third-order valence-corrected chi connectivity index (χ3v) is 4.45. The zero-order valence-corrected chi connectivity index (χ0v) is 17.8. The maximum absolute atomic E-state index is 12.3. The number of nitrogens with zero attached hydrogens (tertiary/aromatic N) is 2. The lowest BCUT2D eigenvalue weighted by atomic mass is 10.2. The Hall–Kier alpha value is -3.55. The van der Waals surface area contributed by atoms with Crippen molar-refractivity contribution in [1.82, 2.24) is 10.7 Å². The molecule has 0 spiro atoms. The summed E-state index contributed by atoms with van der Waals surface area (Å²) in [5.41, 5.74) is 4.73. The fourth-order valence-corrected chi connectivity index (χ4v) is 2.78. The molecule has 0 heterocycles. The predicted molar refractivity (Wildman–Crippen MR) is 118 cm³/mol. The van der Waals surface area contributed by atoms with Crippen molar-refractivity contribution in [3.63, 3.8) is 0 Å². The van der Waals surface area contributed by atoms with Crippen LogP contribution in [0.1, 0.15) is 29.8 Å². The van der Waals surface area contributed by atoms with Gasteiger partial charge in [0.15, 0.2) is 0 Å². The molecule has 0 aliphatic rings. The summed E-state index contributed by atoms with van der Waals surface area (Å²) in [7, 11) is 3.00. The molecule has 0 aliphatic carbocycles. The maximum Gasteiger partial charge on any atom is 0.259 e. The van der Waals surface area contributed by atoms with E-state index in [4.69, 9.17) is 9.47 Å². The predicted octanol–water partition coefficient (Wildman–Crippen LogP) is 2.43. The minimum atomic E-state index is -0.436. The quantitative estimate of drug-likeness (QED) is 0.462. The van der Waals surface area contributed by atoms with Gasteiger partial charge in [0.05, 0.1) is 27.0 Å². The zero-order chi connectivity index (χ0) is 21.9. The van der Waals surface area contributed by atoms with Crippen LogP contribution in [0.3, 0.4) is 0 Å². The Bertz CT molecular complexity index is 855. The Kier molecular flexibility index (Phi) is 8.68. The SMILES string of the molecule is CCN(CC)c1ccc(/C=N/NC(=O)CNC(=O)c2cc(OC)cc(OC)c2)cc1. The first-order valence-electron chi connectivity index (χ1n) is 9.68. The number of carbonyl (C=O) groups is 2. The molecule has 0 saturated heterocycles. The van der Waals surface area contributed by atoms with Crippen molar-refractivity contribution in [2.75, 3.05) is 38.8 Å². The summed E-state index contributed by atoms with van der Waals surface area (Å²) in [6.45, 7) is 5.88. The number of carbonyl (C=O) groups excluding carboxylic acids is 2. The van der Waals surface area contributed by atoms with Gasteiger partial charge in [0.2, 0.25) is 0 Å². The molecule has 0 bridgehead atoms. The van der Waals surface area contributed by atoms with Gasteiger partial charge in [-0.15, -0.1) is 0 Å². The molecule has 2 aromatic carbocycles. The highest BCUT2D eigenvalue weighted by molar-refractivity contribution is 5.97. The van der Waals surface area contributed by atoms with Crippen molar-refractivity contribution in [2.24, 2.45) is 5.10 Å². The van der Waals surface area contributed by atoms with E-state index in [1.54, 1.807) is 24.4 Å². The molecule has 2 N–H and O–H groups in total. The average molecular weight is 412 g/mol. The molecule has 0 atom stereocenters. The van der Waals surface area contributed by atoms with Crippen LogP contribution in [0.4, 0.5) is 5.69 Å². The highest BCUT2D eigenvalue weighted by Crippen LogP contribution is 2.22. The number of benzene rings is 2. The van der Waals surface area contributed by atoms with E-state index in [1.807, 2.05) is 24.3 Å². The topological polar surface area (TPSA) is 92.3 Å². The number of hydrogen-bond donors (Lipinski definition) is 2. The summed E-state index contributed by atoms with van der Waals surface area (Å²) in [6, 6.07) is 12.7. The Morgan fingerprint density at radius 3 is 2.13 bits per heavy atom. The van der Waals surface area contributed by atoms with Crippen molar-refractivity contribution in [3.05, 3.63) is 53.6 Å². The van der Waals surface area contributed by atoms with Gasteiger partial charge in [0, 0.05) is 30.4 Å². The summed E-state index contributed by atoms with van der Waals surface area (Å²) in [5, 5.41) is 6.47. The number of rotatable bonds is 10. The third kappa shape index (κ3) is 6.51. The minimum Gasteiger partial charge on any atom is -0.497 e. The lowest BCUT2D eigenvalue weighted by molar-refractivity contribution is -0.120. The number of methoxy groups -OCH3 is 2. The molecule has 0 unspecified atom stereocenters. The maximum atomic E-state index is 12.3. The van der Waals surface area contributed by atoms with Crippen LogP contribution in [0.2, 0.25) is 0 Å². The molecule has 0 fully saturated rings. The average Bonchev–Trinajstić information content (AvgIpc) is 2.78. The van der Waals surface area contributed by atoms with E-state index in [-0.39, 0.29) is 6.54 Å². The summed E-state index contributed by atoms with van der Waals surface area (Å²) >= 11 is 0. The van der Waals surface area contributed by atoms with E-state index in [0.717, 1.165) is 24.3 Å². The molecule has 2 rings (SSSR count). The molecule has 30 heavy (non-hydrogen) atoms. The molecule has 8 nitrogen and oxygen atoms in total. The third-order valence-electron chi connectivity index (χ3n) is 4.45. The van der Waals surface area contributed by atoms with E-state index < -0.39 is 11.8 Å². The Balaban J connectivity index is 1.85. The van der Waals surface area contributed by atoms with Gasteiger partial charge in [-0.05, 0) is 43.7 Å². The summed E-state index contributed by atoms with van der Waals surface area (Å²) < 4.78 is 10.3. The second kappa shape index (κ2) is 11.5. The Morgan fingerprint density at radius 1 is 1.00 bits per heavy atom. The van der Waals surface area contributed by atoms with E-state index in [1.165, 1.54) is 14.2 Å². The second-order valence-electron chi connectivity index (χ2n) is 6.34. The van der Waals surface area contributed by atoms with Gasteiger partial charge < -0.3 is 19.7 Å². The van der Waals surface area contributed by atoms with Gasteiger partial charge in [0.1, 0.15) is 11.5 Å².